The van der Waals surface area contributed by atoms with Crippen molar-refractivity contribution in [2.75, 3.05) is 115 Å². The van der Waals surface area contributed by atoms with Gasteiger partial charge in [0.1, 0.15) is 23.5 Å². The Morgan fingerprint density at radius 1 is 0.505 bits per heavy atom. The molecule has 3 saturated heterocycles. The van der Waals surface area contributed by atoms with Crippen molar-refractivity contribution in [3.8, 4) is 17.2 Å². The number of methoxy groups -OCH3 is 3. The number of Topliss-reactive ketones (excluding diaryl/α,β-unsaturated/α-hetero) is 3. The first-order chi connectivity index (χ1) is 43.3. The number of carbonyl (C=O) groups is 4. The van der Waals surface area contributed by atoms with Gasteiger partial charge in [-0.25, -0.2) is 0 Å². The molecule has 0 bridgehead atoms. The molecule has 3 fully saturated rings. The van der Waals surface area contributed by atoms with Gasteiger partial charge in [0.2, 0.25) is 0 Å². The first-order valence-electron chi connectivity index (χ1n) is 28.8. The van der Waals surface area contributed by atoms with E-state index < -0.39 is 45.3 Å². The van der Waals surface area contributed by atoms with E-state index >= 15 is 0 Å². The number of aldehydes is 1. The molecule has 3 aliphatic heterocycles. The molecular weight excluding hydrogens is 1270 g/mol. The predicted octanol–water partition coefficient (Wildman–Crippen LogP) is 14.7. The molecule has 6 aliphatic rings. The number of allylic oxidation sites excluding steroid dienone is 1. The van der Waals surface area contributed by atoms with Crippen LogP contribution in [-0.2, 0) is 58.4 Å². The summed E-state index contributed by atoms with van der Waals surface area (Å²) in [6, 6.07) is 21.5. The van der Waals surface area contributed by atoms with E-state index in [2.05, 4.69) is 20.8 Å². The van der Waals surface area contributed by atoms with Crippen LogP contribution in [0.15, 0.2) is 96.6 Å². The van der Waals surface area contributed by atoms with Crippen LogP contribution in [0.5, 0.6) is 17.2 Å². The molecule has 0 amide bonds. The van der Waals surface area contributed by atoms with Gasteiger partial charge < -0.3 is 43.1 Å². The fourth-order valence-electron chi connectivity index (χ4n) is 11.5. The quantitative estimate of drug-likeness (QED) is 0.0732. The summed E-state index contributed by atoms with van der Waals surface area (Å²) in [5.74, 6) is 1.77. The van der Waals surface area contributed by atoms with Crippen LogP contribution in [0.4, 0.5) is 56.6 Å². The topological polar surface area (TPSA) is 133 Å². The first kappa shape index (κ1) is 68.0. The van der Waals surface area contributed by atoms with Crippen LogP contribution >= 0.6 is 34.8 Å². The van der Waals surface area contributed by atoms with Crippen LogP contribution in [0.2, 0.25) is 15.1 Å². The maximum Gasteiger partial charge on any atom is 0.417 e. The van der Waals surface area contributed by atoms with E-state index in [1.807, 2.05) is 18.2 Å². The Labute approximate surface area is 533 Å². The third-order valence-corrected chi connectivity index (χ3v) is 17.0. The molecule has 25 heteroatoms. The molecule has 0 aromatic heterocycles. The van der Waals surface area contributed by atoms with Gasteiger partial charge in [0, 0.05) is 85.9 Å². The molecule has 12 rings (SSSR count). The van der Waals surface area contributed by atoms with Crippen LogP contribution in [0.25, 0.3) is 6.08 Å². The van der Waals surface area contributed by atoms with Gasteiger partial charge in [0.25, 0.3) is 0 Å². The SMILES string of the molecule is COc1cc2c(cc1N1CCOCC1)C/C(=C\c1ccc(C(F)(F)F)c(Cl)c1)C2=O.COc1cc2c(cc1N1CCOCC1)CC(Cc1ccc(C(F)(F)F)c(Cl)c1)C2=O.COc1cc2c(cc1N1CCOCC1)CCC2=O.O=Cc1ccc(C(F)(F)F)c(Cl)c1. The Morgan fingerprint density at radius 3 is 1.37 bits per heavy atom. The van der Waals surface area contributed by atoms with Crippen molar-refractivity contribution in [1.82, 2.24) is 0 Å². The van der Waals surface area contributed by atoms with Crippen LogP contribution in [0.3, 0.4) is 0 Å². The zero-order valence-corrected chi connectivity index (χ0v) is 51.6. The lowest BCUT2D eigenvalue weighted by Crippen LogP contribution is -2.36. The summed E-state index contributed by atoms with van der Waals surface area (Å²) in [5, 5.41) is -1.20. The van der Waals surface area contributed by atoms with E-state index in [0.717, 1.165) is 134 Å². The van der Waals surface area contributed by atoms with Gasteiger partial charge in [-0.2, -0.15) is 39.5 Å². The monoisotopic (exact) mass is 1330 g/mol. The van der Waals surface area contributed by atoms with Crippen molar-refractivity contribution in [3.05, 3.63) is 178 Å². The zero-order chi connectivity index (χ0) is 65.5. The van der Waals surface area contributed by atoms with E-state index in [-0.39, 0.29) is 33.9 Å². The van der Waals surface area contributed by atoms with Crippen LogP contribution in [0.1, 0.15) is 92.4 Å². The second-order valence-corrected chi connectivity index (χ2v) is 23.0. The Balaban J connectivity index is 0.000000151. The lowest BCUT2D eigenvalue weighted by molar-refractivity contribution is -0.138. The average molecular weight is 1330 g/mol. The van der Waals surface area contributed by atoms with Crippen LogP contribution in [0, 0.1) is 5.92 Å². The van der Waals surface area contributed by atoms with Gasteiger partial charge >= 0.3 is 18.5 Å². The number of ketones is 3. The Kier molecular flexibility index (Phi) is 21.7. The fraction of sp³-hybridized carbons (Fsp3) is 0.364. The number of carbonyl (C=O) groups excluding carboxylic acids is 4. The number of benzene rings is 6. The normalized spacial score (nSPS) is 17.7. The number of anilines is 3. The molecule has 3 heterocycles. The summed E-state index contributed by atoms with van der Waals surface area (Å²) in [6.07, 6.45) is -8.71. The number of halogens is 12. The molecule has 0 N–H and O–H groups in total. The summed E-state index contributed by atoms with van der Waals surface area (Å²) >= 11 is 17.0. The third kappa shape index (κ3) is 16.1. The van der Waals surface area contributed by atoms with Gasteiger partial charge in [-0.05, 0) is 126 Å². The van der Waals surface area contributed by atoms with Gasteiger partial charge in [-0.3, -0.25) is 19.2 Å². The highest BCUT2D eigenvalue weighted by molar-refractivity contribution is 6.32. The van der Waals surface area contributed by atoms with Crippen molar-refractivity contribution in [1.29, 1.82) is 0 Å². The average Bonchev–Trinajstić information content (AvgIpc) is 1.68. The number of hydrogen-bond acceptors (Lipinski definition) is 13. The number of morpholine rings is 3. The summed E-state index contributed by atoms with van der Waals surface area (Å²) in [6.45, 7) is 8.73. The molecule has 484 valence electrons. The van der Waals surface area contributed by atoms with Gasteiger partial charge in [-0.15, -0.1) is 0 Å². The summed E-state index contributed by atoms with van der Waals surface area (Å²) in [7, 11) is 4.80. The highest BCUT2D eigenvalue weighted by atomic mass is 35.5. The second kappa shape index (κ2) is 29.1. The number of nitrogens with zero attached hydrogens (tertiary/aromatic N) is 3. The standard InChI is InChI=1S/C22H21ClF3NO3.C22H19ClF3NO3.C14H17NO3.C8H4ClF3O/c2*1-29-20-12-16-14(11-19(20)27-4-6-30-7-5-27)10-15(21(16)28)8-13-2-3-17(18(23)9-13)22(24,25)26;1-17-14-9-11-10(2-3-13(11)16)8-12(14)15-4-6-18-7-5-15;9-7-3-5(4-13)1-2-6(7)8(10,11)12/h2-3,9,11-12,15H,4-8,10H2,1H3;2-3,8-9,11-12H,4-7,10H2,1H3;8-9H,2-7H2,1H3;1-4H/b;15-8+;;. The van der Waals surface area contributed by atoms with Crippen molar-refractivity contribution < 1.29 is 87.1 Å². The molecule has 0 saturated carbocycles. The molecule has 13 nitrogen and oxygen atoms in total. The lowest BCUT2D eigenvalue weighted by Gasteiger charge is -2.30. The predicted molar refractivity (Wildman–Crippen MR) is 327 cm³/mol. The summed E-state index contributed by atoms with van der Waals surface area (Å²) < 4.78 is 147. The first-order valence-corrected chi connectivity index (χ1v) is 29.9. The molecule has 6 aromatic rings. The molecule has 3 aliphatic carbocycles. The maximum absolute atomic E-state index is 13.0. The number of alkyl halides is 9. The Morgan fingerprint density at radius 2 is 0.923 bits per heavy atom. The maximum atomic E-state index is 13.0. The molecule has 0 radical (unpaired) electrons. The highest BCUT2D eigenvalue weighted by Crippen LogP contribution is 2.43. The largest absolute Gasteiger partial charge is 0.495 e. The Bertz CT molecular complexity index is 3730. The van der Waals surface area contributed by atoms with E-state index in [1.165, 1.54) is 24.3 Å². The fourth-order valence-corrected chi connectivity index (χ4v) is 12.4. The number of ether oxygens (including phenoxy) is 6. The molecule has 91 heavy (non-hydrogen) atoms. The lowest BCUT2D eigenvalue weighted by atomic mass is 9.95. The summed E-state index contributed by atoms with van der Waals surface area (Å²) in [5.41, 5.74) is 6.89. The van der Waals surface area contributed by atoms with Gasteiger partial charge in [-0.1, -0.05) is 53.0 Å². The molecule has 1 unspecified atom stereocenters. The minimum absolute atomic E-state index is 0.0205. The molecule has 6 aromatic carbocycles. The molecule has 0 spiro atoms. The van der Waals surface area contributed by atoms with Crippen molar-refractivity contribution in [3.63, 3.8) is 0 Å². The number of hydrogen-bond donors (Lipinski definition) is 0. The smallest absolute Gasteiger partial charge is 0.417 e. The molecule has 1 atom stereocenters. The van der Waals surface area contributed by atoms with Crippen LogP contribution in [-0.4, -0.2) is 124 Å². The third-order valence-electron chi connectivity index (χ3n) is 16.1. The second-order valence-electron chi connectivity index (χ2n) is 21.8. The Hall–Kier alpha value is -7.34. The zero-order valence-electron chi connectivity index (χ0n) is 49.4. The minimum Gasteiger partial charge on any atom is -0.495 e. The van der Waals surface area contributed by atoms with Crippen molar-refractivity contribution >= 4 is 81.6 Å². The highest BCUT2D eigenvalue weighted by Gasteiger charge is 2.38. The van der Waals surface area contributed by atoms with E-state index in [0.29, 0.717) is 97.7 Å². The van der Waals surface area contributed by atoms with Crippen LogP contribution < -0.4 is 28.9 Å². The minimum atomic E-state index is -4.52. The number of fused-ring (bicyclic) bond motifs is 3. The van der Waals surface area contributed by atoms with E-state index in [1.54, 1.807) is 39.5 Å². The van der Waals surface area contributed by atoms with Gasteiger partial charge in [0.15, 0.2) is 17.3 Å². The van der Waals surface area contributed by atoms with Gasteiger partial charge in [0.05, 0.1) is 110 Å². The summed E-state index contributed by atoms with van der Waals surface area (Å²) in [4.78, 5) is 54.4. The molecular formula is C66H61Cl3F9N3O10. The van der Waals surface area contributed by atoms with Crippen molar-refractivity contribution in [2.24, 2.45) is 5.92 Å². The van der Waals surface area contributed by atoms with E-state index in [9.17, 15) is 58.7 Å². The number of rotatable bonds is 10. The van der Waals surface area contributed by atoms with Crippen molar-refractivity contribution in [2.45, 2.75) is 50.6 Å². The number of aryl methyl sites for hydroxylation is 1. The van der Waals surface area contributed by atoms with E-state index in [4.69, 9.17) is 63.2 Å².